The predicted octanol–water partition coefficient (Wildman–Crippen LogP) is 2.69. The molecule has 78 valence electrons. The lowest BCUT2D eigenvalue weighted by Crippen LogP contribution is -2.03. The van der Waals surface area contributed by atoms with Gasteiger partial charge >= 0.3 is 0 Å². The number of hydrogen-bond acceptors (Lipinski definition) is 2. The summed E-state index contributed by atoms with van der Waals surface area (Å²) in [5.41, 5.74) is 1.13. The summed E-state index contributed by atoms with van der Waals surface area (Å²) in [7, 11) is 0. The van der Waals surface area contributed by atoms with Gasteiger partial charge in [0.25, 0.3) is 0 Å². The topological polar surface area (TPSA) is 20.2 Å². The molecule has 1 aromatic rings. The molecule has 1 rings (SSSR count). The molecule has 0 heterocycles. The zero-order chi connectivity index (χ0) is 10.4. The summed E-state index contributed by atoms with van der Waals surface area (Å²) in [6.07, 6.45) is 0. The molecular formula is C11H15FOS. The minimum Gasteiger partial charge on any atom is -0.396 e. The molecule has 0 aliphatic rings. The van der Waals surface area contributed by atoms with Crippen molar-refractivity contribution >= 4 is 11.8 Å². The molecular weight excluding hydrogens is 199 g/mol. The van der Waals surface area contributed by atoms with Crippen LogP contribution in [0, 0.1) is 11.7 Å². The van der Waals surface area contributed by atoms with Crippen molar-refractivity contribution in [1.82, 2.24) is 0 Å². The number of thioether (sulfide) groups is 1. The highest BCUT2D eigenvalue weighted by Crippen LogP contribution is 2.15. The van der Waals surface area contributed by atoms with Crippen molar-refractivity contribution in [3.63, 3.8) is 0 Å². The Balaban J connectivity index is 2.28. The zero-order valence-corrected chi connectivity index (χ0v) is 9.06. The van der Waals surface area contributed by atoms with Crippen molar-refractivity contribution in [3.05, 3.63) is 35.6 Å². The van der Waals surface area contributed by atoms with Gasteiger partial charge in [-0.05, 0) is 29.4 Å². The molecule has 1 aromatic carbocycles. The maximum absolute atomic E-state index is 12.6. The number of halogens is 1. The van der Waals surface area contributed by atoms with E-state index in [0.717, 1.165) is 17.1 Å². The molecule has 0 amide bonds. The van der Waals surface area contributed by atoms with Crippen molar-refractivity contribution in [3.8, 4) is 0 Å². The molecule has 0 saturated carbocycles. The fourth-order valence-corrected chi connectivity index (χ4v) is 2.07. The number of benzene rings is 1. The third kappa shape index (κ3) is 4.11. The molecule has 0 spiro atoms. The molecule has 1 unspecified atom stereocenters. The minimum atomic E-state index is -0.192. The summed E-state index contributed by atoms with van der Waals surface area (Å²) >= 11 is 1.76. The first-order valence-corrected chi connectivity index (χ1v) is 5.81. The van der Waals surface area contributed by atoms with Crippen LogP contribution in [0.25, 0.3) is 0 Å². The minimum absolute atomic E-state index is 0.192. The zero-order valence-electron chi connectivity index (χ0n) is 8.24. The van der Waals surface area contributed by atoms with E-state index in [9.17, 15) is 4.39 Å². The smallest absolute Gasteiger partial charge is 0.123 e. The fourth-order valence-electron chi connectivity index (χ4n) is 1.01. The summed E-state index contributed by atoms with van der Waals surface area (Å²) in [5, 5.41) is 8.81. The second-order valence-corrected chi connectivity index (χ2v) is 4.46. The first kappa shape index (κ1) is 11.5. The number of rotatable bonds is 5. The van der Waals surface area contributed by atoms with E-state index in [1.165, 1.54) is 12.1 Å². The molecule has 0 bridgehead atoms. The standard InChI is InChI=1S/C11H15FOS/c1-9(6-13)7-14-8-10-2-4-11(12)5-3-10/h2-5,9,13H,6-8H2,1H3. The van der Waals surface area contributed by atoms with Crippen LogP contribution >= 0.6 is 11.8 Å². The van der Waals surface area contributed by atoms with Crippen LogP contribution in [-0.2, 0) is 5.75 Å². The van der Waals surface area contributed by atoms with Crippen molar-refractivity contribution in [2.24, 2.45) is 5.92 Å². The molecule has 0 aliphatic carbocycles. The SMILES string of the molecule is CC(CO)CSCc1ccc(F)cc1. The maximum atomic E-state index is 12.6. The van der Waals surface area contributed by atoms with E-state index < -0.39 is 0 Å². The second-order valence-electron chi connectivity index (χ2n) is 3.43. The third-order valence-corrected chi connectivity index (χ3v) is 3.24. The van der Waals surface area contributed by atoms with Crippen molar-refractivity contribution in [2.75, 3.05) is 12.4 Å². The molecule has 0 aromatic heterocycles. The van der Waals surface area contributed by atoms with Gasteiger partial charge in [-0.1, -0.05) is 19.1 Å². The molecule has 0 saturated heterocycles. The van der Waals surface area contributed by atoms with Gasteiger partial charge in [0.05, 0.1) is 0 Å². The lowest BCUT2D eigenvalue weighted by Gasteiger charge is -2.06. The number of hydrogen-bond donors (Lipinski definition) is 1. The largest absolute Gasteiger partial charge is 0.396 e. The lowest BCUT2D eigenvalue weighted by atomic mass is 10.2. The monoisotopic (exact) mass is 214 g/mol. The van der Waals surface area contributed by atoms with E-state index in [4.69, 9.17) is 5.11 Å². The van der Waals surface area contributed by atoms with Crippen molar-refractivity contribution < 1.29 is 9.50 Å². The highest BCUT2D eigenvalue weighted by molar-refractivity contribution is 7.98. The van der Waals surface area contributed by atoms with E-state index in [1.807, 2.05) is 6.92 Å². The average Bonchev–Trinajstić information content (AvgIpc) is 2.21. The van der Waals surface area contributed by atoms with Gasteiger partial charge < -0.3 is 5.11 Å². The molecule has 0 aliphatic heterocycles. The van der Waals surface area contributed by atoms with Gasteiger partial charge in [-0.2, -0.15) is 11.8 Å². The van der Waals surface area contributed by atoms with Gasteiger partial charge in [-0.25, -0.2) is 4.39 Å². The Kier molecular flexibility index (Phi) is 4.98. The molecule has 0 fully saturated rings. The quantitative estimate of drug-likeness (QED) is 0.813. The van der Waals surface area contributed by atoms with Crippen LogP contribution in [0.5, 0.6) is 0 Å². The molecule has 1 N–H and O–H groups in total. The van der Waals surface area contributed by atoms with E-state index in [2.05, 4.69) is 0 Å². The molecule has 1 nitrogen and oxygen atoms in total. The summed E-state index contributed by atoms with van der Waals surface area (Å²) in [6.45, 7) is 2.24. The fraction of sp³-hybridized carbons (Fsp3) is 0.455. The Morgan fingerprint density at radius 2 is 2.00 bits per heavy atom. The van der Waals surface area contributed by atoms with Crippen LogP contribution in [0.15, 0.2) is 24.3 Å². The van der Waals surface area contributed by atoms with E-state index in [0.29, 0.717) is 5.92 Å². The van der Waals surface area contributed by atoms with Crippen LogP contribution in [-0.4, -0.2) is 17.5 Å². The van der Waals surface area contributed by atoms with Gasteiger partial charge in [0.2, 0.25) is 0 Å². The Labute approximate surface area is 88.3 Å². The first-order valence-electron chi connectivity index (χ1n) is 4.65. The summed E-state index contributed by atoms with van der Waals surface area (Å²) in [6, 6.07) is 6.55. The Morgan fingerprint density at radius 1 is 1.36 bits per heavy atom. The molecule has 14 heavy (non-hydrogen) atoms. The van der Waals surface area contributed by atoms with E-state index in [-0.39, 0.29) is 12.4 Å². The van der Waals surface area contributed by atoms with Crippen LogP contribution < -0.4 is 0 Å². The van der Waals surface area contributed by atoms with Crippen molar-refractivity contribution in [2.45, 2.75) is 12.7 Å². The summed E-state index contributed by atoms with van der Waals surface area (Å²) in [5.74, 6) is 1.96. The summed E-state index contributed by atoms with van der Waals surface area (Å²) < 4.78 is 12.6. The third-order valence-electron chi connectivity index (χ3n) is 1.90. The van der Waals surface area contributed by atoms with E-state index >= 15 is 0 Å². The second kappa shape index (κ2) is 6.04. The van der Waals surface area contributed by atoms with Crippen LogP contribution in [0.3, 0.4) is 0 Å². The predicted molar refractivity (Wildman–Crippen MR) is 58.8 cm³/mol. The Hall–Kier alpha value is -0.540. The van der Waals surface area contributed by atoms with Crippen molar-refractivity contribution in [1.29, 1.82) is 0 Å². The molecule has 1 atom stereocenters. The highest BCUT2D eigenvalue weighted by atomic mass is 32.2. The van der Waals surface area contributed by atoms with Gasteiger partial charge in [0.15, 0.2) is 0 Å². The Bertz CT molecular complexity index is 260. The highest BCUT2D eigenvalue weighted by Gasteiger charge is 2.00. The first-order chi connectivity index (χ1) is 6.72. The molecule has 0 radical (unpaired) electrons. The van der Waals surface area contributed by atoms with Gasteiger partial charge in [0, 0.05) is 12.4 Å². The van der Waals surface area contributed by atoms with Gasteiger partial charge in [-0.15, -0.1) is 0 Å². The average molecular weight is 214 g/mol. The summed E-state index contributed by atoms with van der Waals surface area (Å²) in [4.78, 5) is 0. The van der Waals surface area contributed by atoms with Crippen LogP contribution in [0.1, 0.15) is 12.5 Å². The molecule has 3 heteroatoms. The van der Waals surface area contributed by atoms with Gasteiger partial charge in [-0.3, -0.25) is 0 Å². The lowest BCUT2D eigenvalue weighted by molar-refractivity contribution is 0.250. The Morgan fingerprint density at radius 3 is 2.57 bits per heavy atom. The van der Waals surface area contributed by atoms with E-state index in [1.54, 1.807) is 23.9 Å². The van der Waals surface area contributed by atoms with Gasteiger partial charge in [0.1, 0.15) is 5.82 Å². The van der Waals surface area contributed by atoms with Crippen LogP contribution in [0.2, 0.25) is 0 Å². The number of aliphatic hydroxyl groups is 1. The maximum Gasteiger partial charge on any atom is 0.123 e. The normalized spacial score (nSPS) is 12.8. The van der Waals surface area contributed by atoms with Crippen LogP contribution in [0.4, 0.5) is 4.39 Å². The number of aliphatic hydroxyl groups excluding tert-OH is 1.